The van der Waals surface area contributed by atoms with Gasteiger partial charge in [-0.15, -0.1) is 0 Å². The van der Waals surface area contributed by atoms with E-state index >= 15 is 0 Å². The highest BCUT2D eigenvalue weighted by molar-refractivity contribution is 5.93. The quantitative estimate of drug-likeness (QED) is 0.726. The highest BCUT2D eigenvalue weighted by atomic mass is 16.5. The third-order valence-corrected chi connectivity index (χ3v) is 2.55. The van der Waals surface area contributed by atoms with Crippen LogP contribution >= 0.6 is 0 Å². The summed E-state index contributed by atoms with van der Waals surface area (Å²) < 4.78 is 11.4. The summed E-state index contributed by atoms with van der Waals surface area (Å²) in [6.45, 7) is 1.93. The molecule has 0 aliphatic carbocycles. The van der Waals surface area contributed by atoms with E-state index in [1.54, 1.807) is 32.2 Å². The van der Waals surface area contributed by atoms with E-state index in [2.05, 4.69) is 5.10 Å². The van der Waals surface area contributed by atoms with E-state index in [0.29, 0.717) is 37.8 Å². The molecule has 0 spiro atoms. The molecule has 0 saturated heterocycles. The number of carbonyl (C=O) groups is 1. The minimum absolute atomic E-state index is 0.170. The zero-order chi connectivity index (χ0) is 13.5. The number of nitrogen functional groups attached to an aromatic ring is 1. The number of methoxy groups -OCH3 is 2. The molecule has 18 heavy (non-hydrogen) atoms. The van der Waals surface area contributed by atoms with Crippen LogP contribution in [-0.4, -0.2) is 61.1 Å². The molecule has 0 atom stereocenters. The fourth-order valence-electron chi connectivity index (χ4n) is 1.47. The van der Waals surface area contributed by atoms with Crippen LogP contribution in [0.1, 0.15) is 10.5 Å². The summed E-state index contributed by atoms with van der Waals surface area (Å²) in [5.74, 6) is 0.285. The fourth-order valence-corrected chi connectivity index (χ4v) is 1.47. The summed E-state index contributed by atoms with van der Waals surface area (Å²) in [5, 5.41) is 4.07. The zero-order valence-electron chi connectivity index (χ0n) is 11.0. The molecule has 1 amide bonds. The molecule has 102 valence electrons. The maximum absolute atomic E-state index is 12.2. The Balaban J connectivity index is 2.73. The van der Waals surface area contributed by atoms with Crippen LogP contribution in [0.2, 0.25) is 0 Å². The SMILES string of the molecule is COCCN(CCOC)C(=O)c1cc(N)n(C)n1. The number of rotatable bonds is 7. The Morgan fingerprint density at radius 2 is 1.94 bits per heavy atom. The van der Waals surface area contributed by atoms with Crippen LogP contribution in [0, 0.1) is 0 Å². The normalized spacial score (nSPS) is 10.6. The van der Waals surface area contributed by atoms with Gasteiger partial charge in [0.05, 0.1) is 13.2 Å². The van der Waals surface area contributed by atoms with Gasteiger partial charge in [0.2, 0.25) is 0 Å². The van der Waals surface area contributed by atoms with Crippen LogP contribution < -0.4 is 5.73 Å². The summed E-state index contributed by atoms with van der Waals surface area (Å²) in [6.07, 6.45) is 0. The summed E-state index contributed by atoms with van der Waals surface area (Å²) in [4.78, 5) is 13.8. The van der Waals surface area contributed by atoms with Gasteiger partial charge in [-0.05, 0) is 0 Å². The largest absolute Gasteiger partial charge is 0.384 e. The van der Waals surface area contributed by atoms with Crippen molar-refractivity contribution in [1.82, 2.24) is 14.7 Å². The van der Waals surface area contributed by atoms with Gasteiger partial charge in [0, 0.05) is 40.4 Å². The fraction of sp³-hybridized carbons (Fsp3) is 0.636. The van der Waals surface area contributed by atoms with Gasteiger partial charge < -0.3 is 20.1 Å². The van der Waals surface area contributed by atoms with Crippen molar-refractivity contribution in [3.05, 3.63) is 11.8 Å². The lowest BCUT2D eigenvalue weighted by atomic mass is 10.3. The zero-order valence-corrected chi connectivity index (χ0v) is 11.0. The summed E-state index contributed by atoms with van der Waals surface area (Å²) >= 11 is 0. The van der Waals surface area contributed by atoms with Crippen molar-refractivity contribution in [2.75, 3.05) is 46.3 Å². The lowest BCUT2D eigenvalue weighted by Gasteiger charge is -2.20. The van der Waals surface area contributed by atoms with E-state index in [0.717, 1.165) is 0 Å². The lowest BCUT2D eigenvalue weighted by Crippen LogP contribution is -2.36. The predicted octanol–water partition coefficient (Wildman–Crippen LogP) is -0.263. The summed E-state index contributed by atoms with van der Waals surface area (Å²) in [7, 11) is 4.89. The van der Waals surface area contributed by atoms with Gasteiger partial charge in [0.25, 0.3) is 5.91 Å². The number of anilines is 1. The molecular formula is C11H20N4O3. The highest BCUT2D eigenvalue weighted by Gasteiger charge is 2.18. The highest BCUT2D eigenvalue weighted by Crippen LogP contribution is 2.07. The Morgan fingerprint density at radius 1 is 1.39 bits per heavy atom. The molecule has 0 bridgehead atoms. The van der Waals surface area contributed by atoms with E-state index in [4.69, 9.17) is 15.2 Å². The average molecular weight is 256 g/mol. The number of nitrogens with zero attached hydrogens (tertiary/aromatic N) is 3. The Kier molecular flexibility index (Phi) is 5.60. The number of carbonyl (C=O) groups excluding carboxylic acids is 1. The third kappa shape index (κ3) is 3.71. The van der Waals surface area contributed by atoms with Crippen molar-refractivity contribution < 1.29 is 14.3 Å². The van der Waals surface area contributed by atoms with Crippen molar-refractivity contribution in [2.45, 2.75) is 0 Å². The molecule has 0 aliphatic rings. The van der Waals surface area contributed by atoms with Crippen LogP contribution in [0.25, 0.3) is 0 Å². The number of amides is 1. The van der Waals surface area contributed by atoms with Crippen molar-refractivity contribution in [1.29, 1.82) is 0 Å². The molecule has 7 nitrogen and oxygen atoms in total. The van der Waals surface area contributed by atoms with Crippen molar-refractivity contribution in [3.8, 4) is 0 Å². The monoisotopic (exact) mass is 256 g/mol. The molecule has 0 fully saturated rings. The van der Waals surface area contributed by atoms with E-state index in [-0.39, 0.29) is 5.91 Å². The molecule has 7 heteroatoms. The molecule has 1 rings (SSSR count). The second-order valence-electron chi connectivity index (χ2n) is 3.86. The van der Waals surface area contributed by atoms with Crippen molar-refractivity contribution >= 4 is 11.7 Å². The number of aryl methyl sites for hydroxylation is 1. The molecule has 2 N–H and O–H groups in total. The van der Waals surface area contributed by atoms with Gasteiger partial charge >= 0.3 is 0 Å². The molecular weight excluding hydrogens is 236 g/mol. The number of aromatic nitrogens is 2. The van der Waals surface area contributed by atoms with Crippen LogP contribution in [0.3, 0.4) is 0 Å². The first-order valence-electron chi connectivity index (χ1n) is 5.66. The lowest BCUT2D eigenvalue weighted by molar-refractivity contribution is 0.0621. The third-order valence-electron chi connectivity index (χ3n) is 2.55. The van der Waals surface area contributed by atoms with Gasteiger partial charge in [-0.1, -0.05) is 0 Å². The van der Waals surface area contributed by atoms with Crippen LogP contribution in [0.15, 0.2) is 6.07 Å². The smallest absolute Gasteiger partial charge is 0.274 e. The maximum Gasteiger partial charge on any atom is 0.274 e. The molecule has 0 radical (unpaired) electrons. The standard InChI is InChI=1S/C11H20N4O3/c1-14-10(12)8-9(13-14)11(16)15(4-6-17-2)5-7-18-3/h8H,4-7,12H2,1-3H3. The number of hydrogen-bond acceptors (Lipinski definition) is 5. The van der Waals surface area contributed by atoms with Gasteiger partial charge in [-0.3, -0.25) is 9.48 Å². The Morgan fingerprint density at radius 3 is 2.33 bits per heavy atom. The van der Waals surface area contributed by atoms with Crippen LogP contribution in [-0.2, 0) is 16.5 Å². The first-order chi connectivity index (χ1) is 8.60. The topological polar surface area (TPSA) is 82.6 Å². The van der Waals surface area contributed by atoms with Gasteiger partial charge in [0.15, 0.2) is 5.69 Å². The number of nitrogens with two attached hydrogens (primary N) is 1. The molecule has 0 aromatic carbocycles. The van der Waals surface area contributed by atoms with E-state index in [9.17, 15) is 4.79 Å². The Labute approximate surface area is 106 Å². The van der Waals surface area contributed by atoms with Gasteiger partial charge in [-0.25, -0.2) is 0 Å². The molecule has 1 aromatic rings. The minimum atomic E-state index is -0.170. The van der Waals surface area contributed by atoms with Gasteiger partial charge in [-0.2, -0.15) is 5.10 Å². The summed E-state index contributed by atoms with van der Waals surface area (Å²) in [5.41, 5.74) is 5.99. The van der Waals surface area contributed by atoms with Gasteiger partial charge in [0.1, 0.15) is 5.82 Å². The van der Waals surface area contributed by atoms with Crippen molar-refractivity contribution in [3.63, 3.8) is 0 Å². The molecule has 0 saturated carbocycles. The molecule has 1 aromatic heterocycles. The van der Waals surface area contributed by atoms with E-state index in [1.165, 1.54) is 4.68 Å². The molecule has 1 heterocycles. The van der Waals surface area contributed by atoms with Crippen LogP contribution in [0.4, 0.5) is 5.82 Å². The summed E-state index contributed by atoms with van der Waals surface area (Å²) in [6, 6.07) is 1.56. The van der Waals surface area contributed by atoms with Crippen LogP contribution in [0.5, 0.6) is 0 Å². The molecule has 0 aliphatic heterocycles. The number of hydrogen-bond donors (Lipinski definition) is 1. The second-order valence-corrected chi connectivity index (χ2v) is 3.86. The van der Waals surface area contributed by atoms with E-state index < -0.39 is 0 Å². The van der Waals surface area contributed by atoms with E-state index in [1.807, 2.05) is 0 Å². The second kappa shape index (κ2) is 6.97. The minimum Gasteiger partial charge on any atom is -0.384 e. The maximum atomic E-state index is 12.2. The Hall–Kier alpha value is -1.60. The average Bonchev–Trinajstić information content (AvgIpc) is 2.69. The first-order valence-corrected chi connectivity index (χ1v) is 5.66. The Bertz CT molecular complexity index is 364. The number of ether oxygens (including phenoxy) is 2. The first kappa shape index (κ1) is 14.5. The predicted molar refractivity (Wildman–Crippen MR) is 67.3 cm³/mol. The molecule has 0 unspecified atom stereocenters. The van der Waals surface area contributed by atoms with Crippen molar-refractivity contribution in [2.24, 2.45) is 7.05 Å².